The van der Waals surface area contributed by atoms with E-state index in [9.17, 15) is 0 Å². The van der Waals surface area contributed by atoms with Gasteiger partial charge in [0.2, 0.25) is 0 Å². The molecule has 2 heteroatoms. The quantitative estimate of drug-likeness (QED) is 0.269. The molecule has 2 unspecified atom stereocenters. The molecular weight excluding hydrogens is 428 g/mol. The molecule has 0 amide bonds. The topological polar surface area (TPSA) is 9.23 Å². The number of fused-ring (bicyclic) bond motifs is 1. The summed E-state index contributed by atoms with van der Waals surface area (Å²) >= 11 is 0. The molecule has 3 aliphatic carbocycles. The first-order valence-corrected chi connectivity index (χ1v) is 17.3. The van der Waals surface area contributed by atoms with Gasteiger partial charge in [-0.3, -0.25) is 0 Å². The van der Waals surface area contributed by atoms with Gasteiger partial charge in [0, 0.05) is 0 Å². The summed E-state index contributed by atoms with van der Waals surface area (Å²) in [6.45, 7) is 28.6. The molecule has 0 N–H and O–H groups in total. The van der Waals surface area contributed by atoms with E-state index >= 15 is 0 Å². The van der Waals surface area contributed by atoms with Crippen LogP contribution in [0.1, 0.15) is 107 Å². The highest BCUT2D eigenvalue weighted by atomic mass is 28.4. The molecule has 3 saturated carbocycles. The van der Waals surface area contributed by atoms with E-state index in [1.54, 1.807) is 11.1 Å². The van der Waals surface area contributed by atoms with Crippen molar-refractivity contribution in [1.29, 1.82) is 0 Å². The summed E-state index contributed by atoms with van der Waals surface area (Å²) in [7, 11) is -1.81. The average molecular weight is 485 g/mol. The molecule has 1 nitrogen and oxygen atoms in total. The second kappa shape index (κ2) is 10.4. The molecule has 0 radical (unpaired) electrons. The van der Waals surface area contributed by atoms with Crippen molar-refractivity contribution in [3.05, 3.63) is 35.5 Å². The van der Waals surface area contributed by atoms with Crippen LogP contribution in [0.15, 0.2) is 35.5 Å². The smallest absolute Gasteiger partial charge is 0.192 e. The van der Waals surface area contributed by atoms with Crippen LogP contribution in [-0.2, 0) is 4.43 Å². The Morgan fingerprint density at radius 3 is 2.41 bits per heavy atom. The Morgan fingerprint density at radius 1 is 1.12 bits per heavy atom. The Balaban J connectivity index is 1.77. The van der Waals surface area contributed by atoms with Gasteiger partial charge in [0.1, 0.15) is 0 Å². The van der Waals surface area contributed by atoms with E-state index in [2.05, 4.69) is 87.2 Å². The zero-order valence-electron chi connectivity index (χ0n) is 24.4. The van der Waals surface area contributed by atoms with E-state index in [0.717, 1.165) is 36.5 Å². The Hall–Kier alpha value is -0.603. The van der Waals surface area contributed by atoms with Gasteiger partial charge in [-0.05, 0) is 110 Å². The van der Waals surface area contributed by atoms with Gasteiger partial charge in [0.05, 0.1) is 6.10 Å². The van der Waals surface area contributed by atoms with Crippen molar-refractivity contribution in [2.24, 2.45) is 35.0 Å². The summed E-state index contributed by atoms with van der Waals surface area (Å²) in [4.78, 5) is 0. The summed E-state index contributed by atoms with van der Waals surface area (Å²) in [5.41, 5.74) is 5.15. The molecule has 0 bridgehead atoms. The number of allylic oxidation sites excluding steroid dienone is 3. The van der Waals surface area contributed by atoms with Crippen molar-refractivity contribution >= 4 is 8.32 Å². The van der Waals surface area contributed by atoms with Crippen LogP contribution in [0.2, 0.25) is 18.1 Å². The van der Waals surface area contributed by atoms with Gasteiger partial charge in [0.15, 0.2) is 8.32 Å². The van der Waals surface area contributed by atoms with Crippen molar-refractivity contribution in [3.8, 4) is 0 Å². The molecule has 6 atom stereocenters. The molecule has 3 rings (SSSR count). The largest absolute Gasteiger partial charge is 0.410 e. The normalized spacial score (nSPS) is 36.4. The van der Waals surface area contributed by atoms with Crippen LogP contribution in [-0.4, -0.2) is 14.4 Å². The molecule has 0 aromatic rings. The molecule has 3 aliphatic rings. The third-order valence-electron chi connectivity index (χ3n) is 10.4. The Kier molecular flexibility index (Phi) is 8.56. The van der Waals surface area contributed by atoms with E-state index in [4.69, 9.17) is 4.43 Å². The number of hydrogen-bond donors (Lipinski definition) is 0. The van der Waals surface area contributed by atoms with E-state index < -0.39 is 8.32 Å². The SMILES string of the molecule is C=C1[C@H](C)C/C(=C/C=C2\CCC[C@@]3(C)C2CCC3[C@H](C)CC(C)C)C[C@H]1O[Si](C)(C)C(C)(C)C. The van der Waals surface area contributed by atoms with Crippen molar-refractivity contribution in [2.75, 3.05) is 0 Å². The first kappa shape index (κ1) is 28.0. The fourth-order valence-electron chi connectivity index (χ4n) is 7.43. The van der Waals surface area contributed by atoms with Crippen LogP contribution < -0.4 is 0 Å². The molecule has 0 heterocycles. The highest BCUT2D eigenvalue weighted by molar-refractivity contribution is 6.74. The van der Waals surface area contributed by atoms with Crippen LogP contribution in [0.3, 0.4) is 0 Å². The Labute approximate surface area is 214 Å². The minimum Gasteiger partial charge on any atom is -0.410 e. The summed E-state index contributed by atoms with van der Waals surface area (Å²) in [6.07, 6.45) is 15.8. The lowest BCUT2D eigenvalue weighted by Gasteiger charge is -2.44. The fraction of sp³-hybridized carbons (Fsp3) is 0.812. The summed E-state index contributed by atoms with van der Waals surface area (Å²) in [5, 5.41) is 0.234. The van der Waals surface area contributed by atoms with Gasteiger partial charge in [-0.1, -0.05) is 85.3 Å². The first-order valence-electron chi connectivity index (χ1n) is 14.4. The average Bonchev–Trinajstić information content (AvgIpc) is 3.06. The van der Waals surface area contributed by atoms with Gasteiger partial charge in [-0.25, -0.2) is 0 Å². The van der Waals surface area contributed by atoms with Crippen molar-refractivity contribution in [2.45, 2.75) is 131 Å². The predicted molar refractivity (Wildman–Crippen MR) is 153 cm³/mol. The van der Waals surface area contributed by atoms with Gasteiger partial charge in [-0.2, -0.15) is 0 Å². The molecule has 0 spiro atoms. The maximum absolute atomic E-state index is 6.88. The van der Waals surface area contributed by atoms with Gasteiger partial charge in [-0.15, -0.1) is 0 Å². The minimum atomic E-state index is -1.81. The van der Waals surface area contributed by atoms with E-state index in [-0.39, 0.29) is 11.1 Å². The maximum atomic E-state index is 6.88. The maximum Gasteiger partial charge on any atom is 0.192 e. The van der Waals surface area contributed by atoms with Crippen LogP contribution >= 0.6 is 0 Å². The molecule has 3 fully saturated rings. The lowest BCUT2D eigenvalue weighted by atomic mass is 9.60. The van der Waals surface area contributed by atoms with Crippen LogP contribution in [0, 0.1) is 35.0 Å². The second-order valence-electron chi connectivity index (χ2n) is 14.5. The Morgan fingerprint density at radius 2 is 1.79 bits per heavy atom. The highest BCUT2D eigenvalue weighted by Gasteiger charge is 2.50. The molecule has 0 aliphatic heterocycles. The third-order valence-corrected chi connectivity index (χ3v) is 14.9. The molecule has 0 aromatic carbocycles. The lowest BCUT2D eigenvalue weighted by molar-refractivity contribution is 0.0893. The van der Waals surface area contributed by atoms with Crippen LogP contribution in [0.4, 0.5) is 0 Å². The molecule has 0 saturated heterocycles. The van der Waals surface area contributed by atoms with Crippen LogP contribution in [0.25, 0.3) is 0 Å². The van der Waals surface area contributed by atoms with Crippen molar-refractivity contribution < 1.29 is 4.43 Å². The minimum absolute atomic E-state index is 0.193. The molecule has 34 heavy (non-hydrogen) atoms. The van der Waals surface area contributed by atoms with E-state index in [0.29, 0.717) is 11.3 Å². The molecule has 0 aromatic heterocycles. The second-order valence-corrected chi connectivity index (χ2v) is 19.3. The fourth-order valence-corrected chi connectivity index (χ4v) is 8.73. The van der Waals surface area contributed by atoms with E-state index in [1.165, 1.54) is 44.1 Å². The van der Waals surface area contributed by atoms with Crippen molar-refractivity contribution in [3.63, 3.8) is 0 Å². The zero-order valence-corrected chi connectivity index (χ0v) is 25.4. The molecular formula is C32H56OSi. The predicted octanol–water partition coefficient (Wildman–Crippen LogP) is 10.1. The van der Waals surface area contributed by atoms with Gasteiger partial charge < -0.3 is 4.43 Å². The summed E-state index contributed by atoms with van der Waals surface area (Å²) in [6, 6.07) is 0. The summed E-state index contributed by atoms with van der Waals surface area (Å²) in [5.74, 6) is 3.87. The number of rotatable bonds is 6. The standard InChI is InChI=1S/C32H56OSi/c1-22(2)19-24(4)28-16-17-29-27(13-12-18-32(28,29)9)15-14-26-20-23(3)25(5)30(21-26)33-34(10,11)31(6,7)8/h14-15,22-24,28-30H,5,12-13,16-21H2,1-4,6-11H3/b26-14-,27-15+/t23-,24-,28?,29?,30-,32-/m1/s1. The molecule has 194 valence electrons. The monoisotopic (exact) mass is 484 g/mol. The summed E-state index contributed by atoms with van der Waals surface area (Å²) < 4.78 is 6.88. The highest BCUT2D eigenvalue weighted by Crippen LogP contribution is 2.60. The Bertz CT molecular complexity index is 794. The third kappa shape index (κ3) is 5.85. The first-order chi connectivity index (χ1) is 15.7. The van der Waals surface area contributed by atoms with Gasteiger partial charge >= 0.3 is 0 Å². The zero-order chi connectivity index (χ0) is 25.5. The van der Waals surface area contributed by atoms with E-state index in [1.807, 2.05) is 0 Å². The number of hydrogen-bond acceptors (Lipinski definition) is 1. The van der Waals surface area contributed by atoms with Gasteiger partial charge in [0.25, 0.3) is 0 Å². The lowest BCUT2D eigenvalue weighted by Crippen LogP contribution is -2.45. The van der Waals surface area contributed by atoms with Crippen molar-refractivity contribution in [1.82, 2.24) is 0 Å². The van der Waals surface area contributed by atoms with Crippen LogP contribution in [0.5, 0.6) is 0 Å².